The van der Waals surface area contributed by atoms with Gasteiger partial charge in [0.15, 0.2) is 0 Å². The number of nitrogens with one attached hydrogen (secondary N) is 2. The van der Waals surface area contributed by atoms with Crippen LogP contribution in [0.1, 0.15) is 32.5 Å². The summed E-state index contributed by atoms with van der Waals surface area (Å²) in [4.78, 5) is 32.2. The molecule has 5 nitrogen and oxygen atoms in total. The number of fused-ring (bicyclic) bond motifs is 3. The molecule has 0 saturated heterocycles. The Balaban J connectivity index is 1.44. The number of thiophene rings is 1. The fourth-order valence-corrected chi connectivity index (χ4v) is 4.71. The molecule has 2 amide bonds. The molecule has 1 aliphatic rings. The molecule has 1 aliphatic heterocycles. The van der Waals surface area contributed by atoms with E-state index in [9.17, 15) is 9.59 Å². The van der Waals surface area contributed by atoms with Crippen LogP contribution in [0.5, 0.6) is 0 Å². The van der Waals surface area contributed by atoms with Gasteiger partial charge in [-0.3, -0.25) is 9.59 Å². The third kappa shape index (κ3) is 3.39. The number of H-pyrrole nitrogens is 1. The summed E-state index contributed by atoms with van der Waals surface area (Å²) in [6.45, 7) is 1.16. The number of carbonyl (C=O) groups excluding carboxylic acids is 2. The van der Waals surface area contributed by atoms with Crippen molar-refractivity contribution in [3.8, 4) is 0 Å². The zero-order valence-corrected chi connectivity index (χ0v) is 17.1. The van der Waals surface area contributed by atoms with Gasteiger partial charge in [0, 0.05) is 41.7 Å². The Hall–Kier alpha value is -3.38. The lowest BCUT2D eigenvalue weighted by Crippen LogP contribution is -2.44. The Morgan fingerprint density at radius 1 is 1.00 bits per heavy atom. The number of rotatable bonds is 4. The molecule has 6 heteroatoms. The van der Waals surface area contributed by atoms with Crippen molar-refractivity contribution in [2.24, 2.45) is 0 Å². The molecular formula is C24H21N3O2S. The fraction of sp³-hybridized carbons (Fsp3) is 0.167. The highest BCUT2D eigenvalue weighted by molar-refractivity contribution is 7.12. The van der Waals surface area contributed by atoms with E-state index < -0.39 is 6.04 Å². The minimum Gasteiger partial charge on any atom is -0.358 e. The first-order chi connectivity index (χ1) is 14.7. The Bertz CT molecular complexity index is 1200. The van der Waals surface area contributed by atoms with Gasteiger partial charge in [0.1, 0.15) is 6.04 Å². The molecule has 0 radical (unpaired) electrons. The Kier molecular flexibility index (Phi) is 4.85. The molecule has 0 bridgehead atoms. The lowest BCUT2D eigenvalue weighted by Gasteiger charge is -2.31. The summed E-state index contributed by atoms with van der Waals surface area (Å²) in [6, 6.07) is 20.5. The van der Waals surface area contributed by atoms with E-state index in [1.165, 1.54) is 22.6 Å². The molecule has 1 atom stereocenters. The van der Waals surface area contributed by atoms with Crippen molar-refractivity contribution >= 4 is 34.1 Å². The first-order valence-corrected chi connectivity index (χ1v) is 10.9. The number of hydrogen-bond donors (Lipinski definition) is 2. The first kappa shape index (κ1) is 18.6. The van der Waals surface area contributed by atoms with Gasteiger partial charge < -0.3 is 15.2 Å². The van der Waals surface area contributed by atoms with Crippen LogP contribution in [0.2, 0.25) is 0 Å². The van der Waals surface area contributed by atoms with Crippen molar-refractivity contribution < 1.29 is 9.59 Å². The molecular weight excluding hydrogens is 394 g/mol. The van der Waals surface area contributed by atoms with E-state index in [4.69, 9.17) is 0 Å². The Labute approximate surface area is 178 Å². The van der Waals surface area contributed by atoms with Gasteiger partial charge in [-0.05, 0) is 23.1 Å². The van der Waals surface area contributed by atoms with E-state index in [1.54, 1.807) is 6.07 Å². The van der Waals surface area contributed by atoms with Gasteiger partial charge in [-0.25, -0.2) is 0 Å². The first-order valence-electron chi connectivity index (χ1n) is 9.97. The van der Waals surface area contributed by atoms with Crippen molar-refractivity contribution in [3.63, 3.8) is 0 Å². The molecule has 0 fully saturated rings. The second kappa shape index (κ2) is 7.80. The van der Waals surface area contributed by atoms with Crippen LogP contribution < -0.4 is 5.32 Å². The lowest BCUT2D eigenvalue weighted by molar-refractivity contribution is -0.134. The molecule has 0 saturated carbocycles. The van der Waals surface area contributed by atoms with E-state index in [0.717, 1.165) is 22.9 Å². The van der Waals surface area contributed by atoms with Gasteiger partial charge in [0.2, 0.25) is 5.91 Å². The molecule has 5 rings (SSSR count). The molecule has 0 aliphatic carbocycles. The zero-order valence-electron chi connectivity index (χ0n) is 16.3. The average molecular weight is 416 g/mol. The standard InChI is InChI=1S/C24H21N3O2S/c28-23(21-11-6-14-30-21)26-22(16-7-2-1-3-8-16)24(29)27-13-12-20-18(15-27)17-9-4-5-10-19(17)25-20/h1-11,14,22,25H,12-13,15H2,(H,26,28). The number of aromatic nitrogens is 1. The molecule has 3 heterocycles. The van der Waals surface area contributed by atoms with Crippen LogP contribution in [-0.2, 0) is 17.8 Å². The van der Waals surface area contributed by atoms with Gasteiger partial charge >= 0.3 is 0 Å². The van der Waals surface area contributed by atoms with Crippen molar-refractivity contribution in [1.82, 2.24) is 15.2 Å². The summed E-state index contributed by atoms with van der Waals surface area (Å²) in [7, 11) is 0. The molecule has 0 spiro atoms. The van der Waals surface area contributed by atoms with E-state index in [0.29, 0.717) is 18.0 Å². The monoisotopic (exact) mass is 415 g/mol. The SMILES string of the molecule is O=C(NC(C(=O)N1CCc2[nH]c3ccccc3c2C1)c1ccccc1)c1cccs1. The second-order valence-electron chi connectivity index (χ2n) is 7.43. The highest BCUT2D eigenvalue weighted by Gasteiger charge is 2.31. The lowest BCUT2D eigenvalue weighted by atomic mass is 10.0. The van der Waals surface area contributed by atoms with Gasteiger partial charge in [0.25, 0.3) is 5.91 Å². The largest absolute Gasteiger partial charge is 0.358 e. The molecule has 2 N–H and O–H groups in total. The summed E-state index contributed by atoms with van der Waals surface area (Å²) >= 11 is 1.37. The summed E-state index contributed by atoms with van der Waals surface area (Å²) in [5.74, 6) is -0.306. The minimum atomic E-state index is -0.715. The third-order valence-corrected chi connectivity index (χ3v) is 6.46. The van der Waals surface area contributed by atoms with Gasteiger partial charge in [-0.1, -0.05) is 54.6 Å². The Morgan fingerprint density at radius 3 is 2.60 bits per heavy atom. The fourth-order valence-electron chi connectivity index (χ4n) is 4.08. The number of carbonyl (C=O) groups is 2. The van der Waals surface area contributed by atoms with Crippen LogP contribution >= 0.6 is 11.3 Å². The molecule has 4 aromatic rings. The molecule has 30 heavy (non-hydrogen) atoms. The van der Waals surface area contributed by atoms with Crippen molar-refractivity contribution in [1.29, 1.82) is 0 Å². The van der Waals surface area contributed by atoms with Gasteiger partial charge in [0.05, 0.1) is 4.88 Å². The number of amides is 2. The van der Waals surface area contributed by atoms with Gasteiger partial charge in [-0.15, -0.1) is 11.3 Å². The van der Waals surface area contributed by atoms with Crippen LogP contribution in [0.3, 0.4) is 0 Å². The van der Waals surface area contributed by atoms with Crippen molar-refractivity contribution in [2.75, 3.05) is 6.54 Å². The normalized spacial score (nSPS) is 14.3. The molecule has 2 aromatic heterocycles. The van der Waals surface area contributed by atoms with Gasteiger partial charge in [-0.2, -0.15) is 0 Å². The maximum absolute atomic E-state index is 13.6. The van der Waals surface area contributed by atoms with Crippen molar-refractivity contribution in [3.05, 3.63) is 93.8 Å². The van der Waals surface area contributed by atoms with Crippen LogP contribution in [-0.4, -0.2) is 28.2 Å². The number of para-hydroxylation sites is 1. The highest BCUT2D eigenvalue weighted by atomic mass is 32.1. The molecule has 2 aromatic carbocycles. The predicted octanol–water partition coefficient (Wildman–Crippen LogP) is 4.29. The Morgan fingerprint density at radius 2 is 1.80 bits per heavy atom. The van der Waals surface area contributed by atoms with Crippen molar-refractivity contribution in [2.45, 2.75) is 19.0 Å². The number of benzene rings is 2. The molecule has 1 unspecified atom stereocenters. The summed E-state index contributed by atoms with van der Waals surface area (Å²) in [5, 5.41) is 5.98. The predicted molar refractivity (Wildman–Crippen MR) is 118 cm³/mol. The van der Waals surface area contributed by atoms with Crippen LogP contribution in [0.15, 0.2) is 72.1 Å². The third-order valence-electron chi connectivity index (χ3n) is 5.59. The second-order valence-corrected chi connectivity index (χ2v) is 8.38. The number of nitrogens with zero attached hydrogens (tertiary/aromatic N) is 1. The zero-order chi connectivity index (χ0) is 20.5. The van der Waals surface area contributed by atoms with E-state index >= 15 is 0 Å². The van der Waals surface area contributed by atoms with Crippen LogP contribution in [0.25, 0.3) is 10.9 Å². The summed E-state index contributed by atoms with van der Waals surface area (Å²) in [5.41, 5.74) is 4.25. The van der Waals surface area contributed by atoms with E-state index in [1.807, 2.05) is 58.8 Å². The smallest absolute Gasteiger partial charge is 0.262 e. The number of aromatic amines is 1. The topological polar surface area (TPSA) is 65.2 Å². The quantitative estimate of drug-likeness (QED) is 0.522. The maximum Gasteiger partial charge on any atom is 0.262 e. The van der Waals surface area contributed by atoms with E-state index in [2.05, 4.69) is 22.4 Å². The summed E-state index contributed by atoms with van der Waals surface area (Å²) in [6.07, 6.45) is 0.774. The summed E-state index contributed by atoms with van der Waals surface area (Å²) < 4.78 is 0. The minimum absolute atomic E-state index is 0.0814. The maximum atomic E-state index is 13.6. The average Bonchev–Trinajstić information content (AvgIpc) is 3.45. The molecule has 150 valence electrons. The van der Waals surface area contributed by atoms with Crippen LogP contribution in [0.4, 0.5) is 0 Å². The highest BCUT2D eigenvalue weighted by Crippen LogP contribution is 2.29. The van der Waals surface area contributed by atoms with Crippen LogP contribution in [0, 0.1) is 0 Å². The number of hydrogen-bond acceptors (Lipinski definition) is 3. The van der Waals surface area contributed by atoms with E-state index in [-0.39, 0.29) is 11.8 Å².